The van der Waals surface area contributed by atoms with Crippen LogP contribution in [-0.2, 0) is 14.4 Å². The Bertz CT molecular complexity index is 995. The number of benzene rings is 2. The molecule has 0 aliphatic carbocycles. The number of nitrogens with one attached hydrogen (secondary N) is 2. The van der Waals surface area contributed by atoms with Crippen molar-refractivity contribution in [2.75, 3.05) is 35.7 Å². The summed E-state index contributed by atoms with van der Waals surface area (Å²) in [5.74, 6) is -0.451. The predicted octanol–water partition coefficient (Wildman–Crippen LogP) is 3.25. The van der Waals surface area contributed by atoms with Crippen LogP contribution in [0.25, 0.3) is 0 Å². The second kappa shape index (κ2) is 9.31. The van der Waals surface area contributed by atoms with Crippen molar-refractivity contribution in [1.29, 1.82) is 0 Å². The van der Waals surface area contributed by atoms with E-state index in [9.17, 15) is 14.4 Å². The largest absolute Gasteiger partial charge is 0.324 e. The molecule has 0 fully saturated rings. The van der Waals surface area contributed by atoms with E-state index < -0.39 is 0 Å². The maximum atomic E-state index is 13.1. The third kappa shape index (κ3) is 5.30. The van der Waals surface area contributed by atoms with Crippen LogP contribution >= 0.6 is 0 Å². The molecule has 7 nitrogen and oxygen atoms in total. The highest BCUT2D eigenvalue weighted by Gasteiger charge is 2.30. The summed E-state index contributed by atoms with van der Waals surface area (Å²) in [6.07, 6.45) is 0.219. The zero-order valence-electron chi connectivity index (χ0n) is 18.8. The van der Waals surface area contributed by atoms with Gasteiger partial charge in [-0.25, -0.2) is 0 Å². The van der Waals surface area contributed by atoms with Crippen LogP contribution < -0.4 is 15.5 Å². The van der Waals surface area contributed by atoms with Crippen LogP contribution in [0.3, 0.4) is 0 Å². The lowest BCUT2D eigenvalue weighted by atomic mass is 10.1. The average Bonchev–Trinajstić information content (AvgIpc) is 2.78. The van der Waals surface area contributed by atoms with Crippen molar-refractivity contribution < 1.29 is 14.4 Å². The third-order valence-corrected chi connectivity index (χ3v) is 5.39. The summed E-state index contributed by atoms with van der Waals surface area (Å²) in [5, 5.41) is 5.82. The Kier molecular flexibility index (Phi) is 6.75. The first-order valence-electron chi connectivity index (χ1n) is 10.4. The molecule has 7 heteroatoms. The topological polar surface area (TPSA) is 81.8 Å². The summed E-state index contributed by atoms with van der Waals surface area (Å²) >= 11 is 0. The van der Waals surface area contributed by atoms with Gasteiger partial charge in [0.05, 0.1) is 24.5 Å². The van der Waals surface area contributed by atoms with Crippen LogP contribution in [0.15, 0.2) is 36.4 Å². The smallest absolute Gasteiger partial charge is 0.241 e. The van der Waals surface area contributed by atoms with Crippen molar-refractivity contribution >= 4 is 34.8 Å². The molecule has 0 spiro atoms. The Hall–Kier alpha value is -3.19. The fourth-order valence-electron chi connectivity index (χ4n) is 4.13. The molecular formula is C24H30N4O3. The van der Waals surface area contributed by atoms with Crippen LogP contribution in [0.4, 0.5) is 17.1 Å². The Morgan fingerprint density at radius 1 is 1.13 bits per heavy atom. The van der Waals surface area contributed by atoms with Crippen LogP contribution in [-0.4, -0.2) is 48.8 Å². The Morgan fingerprint density at radius 2 is 1.77 bits per heavy atom. The molecule has 1 heterocycles. The van der Waals surface area contributed by atoms with Crippen molar-refractivity contribution in [3.63, 3.8) is 0 Å². The number of carbonyl (C=O) groups is 3. The van der Waals surface area contributed by atoms with E-state index in [1.54, 1.807) is 22.9 Å². The molecule has 0 aromatic heterocycles. The quantitative estimate of drug-likeness (QED) is 0.775. The number of hydrogen-bond acceptors (Lipinski definition) is 4. The van der Waals surface area contributed by atoms with E-state index in [-0.39, 0.29) is 43.3 Å². The lowest BCUT2D eigenvalue weighted by molar-refractivity contribution is -0.121. The second-order valence-corrected chi connectivity index (χ2v) is 8.38. The van der Waals surface area contributed by atoms with Crippen molar-refractivity contribution in [1.82, 2.24) is 4.90 Å². The zero-order valence-corrected chi connectivity index (χ0v) is 18.8. The minimum atomic E-state index is -0.281. The first-order valence-corrected chi connectivity index (χ1v) is 10.4. The van der Waals surface area contributed by atoms with Gasteiger partial charge in [0.1, 0.15) is 0 Å². The van der Waals surface area contributed by atoms with E-state index in [4.69, 9.17) is 0 Å². The SMILES string of the molecule is Cc1cc(C)c(NC(=O)CN(C)CC(=O)N2c3ccccc3NC(=O)C[C@H]2C)c(C)c1. The van der Waals surface area contributed by atoms with Gasteiger partial charge in [-0.2, -0.15) is 0 Å². The highest BCUT2D eigenvalue weighted by Crippen LogP contribution is 2.31. The fourth-order valence-corrected chi connectivity index (χ4v) is 4.13. The number of amides is 3. The lowest BCUT2D eigenvalue weighted by Gasteiger charge is -2.29. The third-order valence-electron chi connectivity index (χ3n) is 5.39. The summed E-state index contributed by atoms with van der Waals surface area (Å²) < 4.78 is 0. The van der Waals surface area contributed by atoms with Crippen LogP contribution in [0, 0.1) is 20.8 Å². The number of likely N-dealkylation sites (N-methyl/N-ethyl adjacent to an activating group) is 1. The standard InChI is InChI=1S/C24H30N4O3/c1-15-10-16(2)24(17(3)11-15)26-22(30)13-27(5)14-23(31)28-18(4)12-21(29)25-19-8-6-7-9-20(19)28/h6-11,18H,12-14H2,1-5H3,(H,25,29)(H,26,30)/t18-/m1/s1. The van der Waals surface area contributed by atoms with Crippen molar-refractivity contribution in [2.24, 2.45) is 0 Å². The fraction of sp³-hybridized carbons (Fsp3) is 0.375. The number of rotatable bonds is 5. The predicted molar refractivity (Wildman–Crippen MR) is 123 cm³/mol. The molecule has 0 saturated carbocycles. The van der Waals surface area contributed by atoms with Crippen molar-refractivity contribution in [3.05, 3.63) is 53.1 Å². The van der Waals surface area contributed by atoms with E-state index >= 15 is 0 Å². The number of aryl methyl sites for hydroxylation is 3. The van der Waals surface area contributed by atoms with Gasteiger partial charge in [0, 0.05) is 18.2 Å². The van der Waals surface area contributed by atoms with Gasteiger partial charge < -0.3 is 15.5 Å². The molecule has 0 saturated heterocycles. The summed E-state index contributed by atoms with van der Waals surface area (Å²) in [4.78, 5) is 41.2. The molecule has 2 aromatic carbocycles. The number of para-hydroxylation sites is 2. The van der Waals surface area contributed by atoms with E-state index in [0.29, 0.717) is 11.4 Å². The first-order chi connectivity index (χ1) is 14.7. The molecule has 31 heavy (non-hydrogen) atoms. The van der Waals surface area contributed by atoms with Crippen LogP contribution in [0.5, 0.6) is 0 Å². The molecule has 1 atom stereocenters. The molecule has 3 amide bonds. The molecule has 3 rings (SSSR count). The Balaban J connectivity index is 1.68. The van der Waals surface area contributed by atoms with Gasteiger partial charge in [-0.05, 0) is 58.0 Å². The van der Waals surface area contributed by atoms with Gasteiger partial charge in [-0.15, -0.1) is 0 Å². The first kappa shape index (κ1) is 22.5. The normalized spacial score (nSPS) is 15.9. The number of anilines is 3. The molecule has 1 aliphatic rings. The second-order valence-electron chi connectivity index (χ2n) is 8.38. The monoisotopic (exact) mass is 422 g/mol. The van der Waals surface area contributed by atoms with Gasteiger partial charge in [-0.3, -0.25) is 19.3 Å². The number of hydrogen-bond donors (Lipinski definition) is 2. The number of fused-ring (bicyclic) bond motifs is 1. The highest BCUT2D eigenvalue weighted by atomic mass is 16.2. The van der Waals surface area contributed by atoms with Crippen LogP contribution in [0.1, 0.15) is 30.0 Å². The Morgan fingerprint density at radius 3 is 2.45 bits per heavy atom. The molecule has 2 aromatic rings. The van der Waals surface area contributed by atoms with E-state index in [2.05, 4.69) is 10.6 Å². The average molecular weight is 423 g/mol. The molecule has 0 radical (unpaired) electrons. The van der Waals surface area contributed by atoms with Crippen molar-refractivity contribution in [3.8, 4) is 0 Å². The molecule has 2 N–H and O–H groups in total. The van der Waals surface area contributed by atoms with E-state index in [1.807, 2.05) is 58.0 Å². The van der Waals surface area contributed by atoms with Gasteiger partial charge in [0.2, 0.25) is 17.7 Å². The minimum absolute atomic E-state index is 0.0617. The molecule has 164 valence electrons. The zero-order chi connectivity index (χ0) is 22.7. The Labute approximate surface area is 183 Å². The van der Waals surface area contributed by atoms with E-state index in [0.717, 1.165) is 22.4 Å². The van der Waals surface area contributed by atoms with Gasteiger partial charge in [-0.1, -0.05) is 29.8 Å². The highest BCUT2D eigenvalue weighted by molar-refractivity contribution is 6.05. The number of carbonyl (C=O) groups excluding carboxylic acids is 3. The molecule has 0 bridgehead atoms. The lowest BCUT2D eigenvalue weighted by Crippen LogP contribution is -2.45. The van der Waals surface area contributed by atoms with Gasteiger partial charge >= 0.3 is 0 Å². The minimum Gasteiger partial charge on any atom is -0.324 e. The summed E-state index contributed by atoms with van der Waals surface area (Å²) in [6.45, 7) is 7.96. The van der Waals surface area contributed by atoms with E-state index in [1.165, 1.54) is 0 Å². The summed E-state index contributed by atoms with van der Waals surface area (Å²) in [7, 11) is 1.74. The summed E-state index contributed by atoms with van der Waals surface area (Å²) in [6, 6.07) is 11.1. The van der Waals surface area contributed by atoms with Crippen molar-refractivity contribution in [2.45, 2.75) is 40.2 Å². The van der Waals surface area contributed by atoms with Crippen LogP contribution in [0.2, 0.25) is 0 Å². The molecule has 0 unspecified atom stereocenters. The van der Waals surface area contributed by atoms with Gasteiger partial charge in [0.25, 0.3) is 0 Å². The maximum absolute atomic E-state index is 13.1. The number of nitrogens with zero attached hydrogens (tertiary/aromatic N) is 2. The van der Waals surface area contributed by atoms with Gasteiger partial charge in [0.15, 0.2) is 0 Å². The molecular weight excluding hydrogens is 392 g/mol. The maximum Gasteiger partial charge on any atom is 0.241 e. The summed E-state index contributed by atoms with van der Waals surface area (Å²) in [5.41, 5.74) is 5.28. The molecule has 1 aliphatic heterocycles.